The van der Waals surface area contributed by atoms with Gasteiger partial charge in [0.25, 0.3) is 0 Å². The van der Waals surface area contributed by atoms with Gasteiger partial charge in [-0.1, -0.05) is 6.07 Å². The summed E-state index contributed by atoms with van der Waals surface area (Å²) in [6, 6.07) is 7.50. The van der Waals surface area contributed by atoms with Crippen LogP contribution in [0.1, 0.15) is 15.9 Å². The zero-order valence-electron chi connectivity index (χ0n) is 11.8. The van der Waals surface area contributed by atoms with Crippen LogP contribution in [0.15, 0.2) is 36.4 Å². The summed E-state index contributed by atoms with van der Waals surface area (Å²) in [5.41, 5.74) is 0.405. The van der Waals surface area contributed by atoms with Gasteiger partial charge in [0, 0.05) is 12.1 Å². The number of nitro groups is 1. The molecule has 0 spiro atoms. The molecular formula is C15H12FNO5. The van der Waals surface area contributed by atoms with Crippen molar-refractivity contribution in [2.75, 3.05) is 7.11 Å². The van der Waals surface area contributed by atoms with Crippen LogP contribution in [-0.2, 0) is 4.74 Å². The molecule has 0 bridgehead atoms. The van der Waals surface area contributed by atoms with Crippen molar-refractivity contribution >= 4 is 11.7 Å². The number of esters is 1. The Morgan fingerprint density at radius 2 is 1.91 bits per heavy atom. The number of hydrogen-bond acceptors (Lipinski definition) is 5. The molecule has 0 radical (unpaired) electrons. The van der Waals surface area contributed by atoms with E-state index in [2.05, 4.69) is 4.74 Å². The molecule has 0 saturated carbocycles. The monoisotopic (exact) mass is 305 g/mol. The Labute approximate surface area is 125 Å². The number of hydrogen-bond donors (Lipinski definition) is 0. The maximum atomic E-state index is 13.4. The number of carbonyl (C=O) groups excluding carboxylic acids is 1. The first-order chi connectivity index (χ1) is 10.4. The number of nitrogens with zero attached hydrogens (tertiary/aromatic N) is 1. The number of rotatable bonds is 4. The molecule has 7 heteroatoms. The quantitative estimate of drug-likeness (QED) is 0.489. The number of carbonyl (C=O) groups is 1. The topological polar surface area (TPSA) is 78.7 Å². The molecule has 0 aromatic heterocycles. The zero-order chi connectivity index (χ0) is 16.3. The fourth-order valence-corrected chi connectivity index (χ4v) is 1.83. The highest BCUT2D eigenvalue weighted by Gasteiger charge is 2.20. The first kappa shape index (κ1) is 15.4. The van der Waals surface area contributed by atoms with E-state index < -0.39 is 16.7 Å². The predicted octanol–water partition coefficient (Wildman–Crippen LogP) is 3.62. The maximum Gasteiger partial charge on any atom is 0.341 e. The molecule has 2 rings (SSSR count). The van der Waals surface area contributed by atoms with Crippen LogP contribution in [0, 0.1) is 22.9 Å². The van der Waals surface area contributed by atoms with Crippen LogP contribution in [0.4, 0.5) is 10.1 Å². The highest BCUT2D eigenvalue weighted by Crippen LogP contribution is 2.34. The van der Waals surface area contributed by atoms with E-state index >= 15 is 0 Å². The molecule has 0 aliphatic heterocycles. The highest BCUT2D eigenvalue weighted by atomic mass is 19.1. The molecule has 22 heavy (non-hydrogen) atoms. The van der Waals surface area contributed by atoms with Gasteiger partial charge < -0.3 is 9.47 Å². The van der Waals surface area contributed by atoms with Gasteiger partial charge in [0.2, 0.25) is 5.75 Å². The molecule has 0 saturated heterocycles. The lowest BCUT2D eigenvalue weighted by Gasteiger charge is -2.10. The number of benzene rings is 2. The summed E-state index contributed by atoms with van der Waals surface area (Å²) < 4.78 is 23.4. The maximum absolute atomic E-state index is 13.4. The Balaban J connectivity index is 2.51. The van der Waals surface area contributed by atoms with Gasteiger partial charge in [-0.3, -0.25) is 10.1 Å². The fourth-order valence-electron chi connectivity index (χ4n) is 1.83. The molecule has 114 valence electrons. The van der Waals surface area contributed by atoms with Crippen molar-refractivity contribution in [3.63, 3.8) is 0 Å². The molecule has 0 aliphatic rings. The van der Waals surface area contributed by atoms with Crippen LogP contribution in [-0.4, -0.2) is 18.0 Å². The molecule has 0 amide bonds. The van der Waals surface area contributed by atoms with Gasteiger partial charge in [0.15, 0.2) is 0 Å². The van der Waals surface area contributed by atoms with Crippen molar-refractivity contribution in [2.24, 2.45) is 0 Å². The predicted molar refractivity (Wildman–Crippen MR) is 75.6 cm³/mol. The van der Waals surface area contributed by atoms with Gasteiger partial charge in [0.1, 0.15) is 17.1 Å². The average Bonchev–Trinajstić information content (AvgIpc) is 2.46. The third-order valence-corrected chi connectivity index (χ3v) is 2.88. The smallest absolute Gasteiger partial charge is 0.341 e. The van der Waals surface area contributed by atoms with Crippen LogP contribution in [0.5, 0.6) is 11.5 Å². The van der Waals surface area contributed by atoms with Crippen molar-refractivity contribution in [3.8, 4) is 11.5 Å². The van der Waals surface area contributed by atoms with Crippen LogP contribution in [0.3, 0.4) is 0 Å². The average molecular weight is 305 g/mol. The second-order valence-corrected chi connectivity index (χ2v) is 4.46. The second-order valence-electron chi connectivity index (χ2n) is 4.46. The summed E-state index contributed by atoms with van der Waals surface area (Å²) in [5.74, 6) is -1.61. The second kappa shape index (κ2) is 6.21. The molecule has 0 fully saturated rings. The van der Waals surface area contributed by atoms with Crippen molar-refractivity contribution < 1.29 is 23.6 Å². The minimum absolute atomic E-state index is 0.0281. The lowest BCUT2D eigenvalue weighted by Crippen LogP contribution is -2.04. The zero-order valence-corrected chi connectivity index (χ0v) is 11.8. The third kappa shape index (κ3) is 3.20. The van der Waals surface area contributed by atoms with E-state index in [1.54, 1.807) is 13.0 Å². The largest absolute Gasteiger partial charge is 0.465 e. The van der Waals surface area contributed by atoms with E-state index in [4.69, 9.17) is 4.74 Å². The molecule has 2 aromatic carbocycles. The lowest BCUT2D eigenvalue weighted by molar-refractivity contribution is -0.385. The first-order valence-corrected chi connectivity index (χ1v) is 6.23. The van der Waals surface area contributed by atoms with Crippen LogP contribution < -0.4 is 4.74 Å². The van der Waals surface area contributed by atoms with E-state index in [-0.39, 0.29) is 22.7 Å². The molecule has 0 aliphatic carbocycles. The standard InChI is InChI=1S/C15H12FNO5/c1-9-3-6-12(17(19)20)14(7-9)22-13-8-10(16)4-5-11(13)15(18)21-2/h3-8H,1-2H3. The van der Waals surface area contributed by atoms with E-state index in [0.717, 1.165) is 17.7 Å². The third-order valence-electron chi connectivity index (χ3n) is 2.88. The Morgan fingerprint density at radius 1 is 1.18 bits per heavy atom. The van der Waals surface area contributed by atoms with Crippen molar-refractivity contribution in [1.29, 1.82) is 0 Å². The van der Waals surface area contributed by atoms with Crippen LogP contribution >= 0.6 is 0 Å². The van der Waals surface area contributed by atoms with E-state index in [1.165, 1.54) is 25.3 Å². The summed E-state index contributed by atoms with van der Waals surface area (Å²) in [4.78, 5) is 22.1. The lowest BCUT2D eigenvalue weighted by atomic mass is 10.2. The summed E-state index contributed by atoms with van der Waals surface area (Å²) in [6.45, 7) is 1.73. The number of aryl methyl sites for hydroxylation is 1. The molecule has 6 nitrogen and oxygen atoms in total. The summed E-state index contributed by atoms with van der Waals surface area (Å²) in [7, 11) is 1.17. The minimum atomic E-state index is -0.731. The number of methoxy groups -OCH3 is 1. The van der Waals surface area contributed by atoms with E-state index in [9.17, 15) is 19.3 Å². The van der Waals surface area contributed by atoms with Crippen molar-refractivity contribution in [1.82, 2.24) is 0 Å². The summed E-state index contributed by atoms with van der Waals surface area (Å²) in [6.07, 6.45) is 0. The van der Waals surface area contributed by atoms with Crippen LogP contribution in [0.2, 0.25) is 0 Å². The van der Waals surface area contributed by atoms with E-state index in [1.807, 2.05) is 0 Å². The molecule has 0 N–H and O–H groups in total. The normalized spacial score (nSPS) is 10.1. The Kier molecular flexibility index (Phi) is 4.36. The van der Waals surface area contributed by atoms with Gasteiger partial charge in [-0.15, -0.1) is 0 Å². The fraction of sp³-hybridized carbons (Fsp3) is 0.133. The molecular weight excluding hydrogens is 293 g/mol. The van der Waals surface area contributed by atoms with Gasteiger partial charge in [-0.25, -0.2) is 9.18 Å². The molecule has 0 heterocycles. The molecule has 2 aromatic rings. The number of nitro benzene ring substituents is 1. The molecule has 0 atom stereocenters. The van der Waals surface area contributed by atoms with Gasteiger partial charge >= 0.3 is 11.7 Å². The SMILES string of the molecule is COC(=O)c1ccc(F)cc1Oc1cc(C)ccc1[N+](=O)[O-]. The van der Waals surface area contributed by atoms with Crippen molar-refractivity contribution in [2.45, 2.75) is 6.92 Å². The minimum Gasteiger partial charge on any atom is -0.465 e. The highest BCUT2D eigenvalue weighted by molar-refractivity contribution is 5.92. The van der Waals surface area contributed by atoms with Gasteiger partial charge in [0.05, 0.1) is 12.0 Å². The number of halogens is 1. The Hall–Kier alpha value is -2.96. The van der Waals surface area contributed by atoms with Gasteiger partial charge in [-0.2, -0.15) is 0 Å². The first-order valence-electron chi connectivity index (χ1n) is 6.23. The van der Waals surface area contributed by atoms with Gasteiger partial charge in [-0.05, 0) is 30.7 Å². The van der Waals surface area contributed by atoms with Crippen LogP contribution in [0.25, 0.3) is 0 Å². The molecule has 0 unspecified atom stereocenters. The number of ether oxygens (including phenoxy) is 2. The Morgan fingerprint density at radius 3 is 2.55 bits per heavy atom. The van der Waals surface area contributed by atoms with Crippen molar-refractivity contribution in [3.05, 3.63) is 63.5 Å². The Bertz CT molecular complexity index is 745. The summed E-state index contributed by atoms with van der Waals surface area (Å²) >= 11 is 0. The van der Waals surface area contributed by atoms with E-state index in [0.29, 0.717) is 0 Å². The summed E-state index contributed by atoms with van der Waals surface area (Å²) in [5, 5.41) is 11.0.